The Morgan fingerprint density at radius 2 is 1.65 bits per heavy atom. The van der Waals surface area contributed by atoms with Crippen LogP contribution < -0.4 is 4.74 Å². The normalized spacial score (nSPS) is 10.7. The molecule has 34 heavy (non-hydrogen) atoms. The molecule has 0 amide bonds. The van der Waals surface area contributed by atoms with Gasteiger partial charge < -0.3 is 9.47 Å². The third kappa shape index (κ3) is 5.29. The zero-order valence-electron chi connectivity index (χ0n) is 18.1. The fourth-order valence-electron chi connectivity index (χ4n) is 3.13. The average molecular weight is 480 g/mol. The van der Waals surface area contributed by atoms with Crippen LogP contribution in [-0.2, 0) is 4.74 Å². The monoisotopic (exact) mass is 479 g/mol. The van der Waals surface area contributed by atoms with E-state index in [-0.39, 0.29) is 5.82 Å². The van der Waals surface area contributed by atoms with Crippen LogP contribution >= 0.6 is 11.6 Å². The molecule has 0 aliphatic heterocycles. The van der Waals surface area contributed by atoms with Crippen molar-refractivity contribution < 1.29 is 23.5 Å². The van der Waals surface area contributed by atoms with Crippen LogP contribution in [0.3, 0.4) is 0 Å². The van der Waals surface area contributed by atoms with Crippen molar-refractivity contribution in [2.45, 2.75) is 6.92 Å². The predicted octanol–water partition coefficient (Wildman–Crippen LogP) is 5.17. The molecule has 0 unspecified atom stereocenters. The Kier molecular flexibility index (Phi) is 6.98. The number of carbonyl (C=O) groups excluding carboxylic acids is 2. The van der Waals surface area contributed by atoms with Gasteiger partial charge in [-0.1, -0.05) is 11.6 Å². The van der Waals surface area contributed by atoms with E-state index in [9.17, 15) is 14.0 Å². The lowest BCUT2D eigenvalue weighted by atomic mass is 10.1. The van der Waals surface area contributed by atoms with Crippen LogP contribution in [0.5, 0.6) is 5.75 Å². The Labute approximate surface area is 199 Å². The summed E-state index contributed by atoms with van der Waals surface area (Å²) in [7, 11) is 0. The molecule has 1 aromatic heterocycles. The summed E-state index contributed by atoms with van der Waals surface area (Å²) in [5, 5.41) is 4.78. The predicted molar refractivity (Wildman–Crippen MR) is 124 cm³/mol. The number of aromatic nitrogens is 3. The summed E-state index contributed by atoms with van der Waals surface area (Å²) in [4.78, 5) is 29.3. The SMILES string of the molecule is CCOc1ccc(-n2nc(C(=O)OCC(=O)c3ccc(Cl)cc3)nc2-c2ccc(F)cc2)cc1. The van der Waals surface area contributed by atoms with E-state index in [0.29, 0.717) is 40.0 Å². The zero-order chi connectivity index (χ0) is 24.1. The number of halogens is 2. The molecule has 0 atom stereocenters. The van der Waals surface area contributed by atoms with Gasteiger partial charge in [-0.15, -0.1) is 5.10 Å². The van der Waals surface area contributed by atoms with E-state index in [4.69, 9.17) is 21.1 Å². The van der Waals surface area contributed by atoms with Crippen molar-refractivity contribution in [2.75, 3.05) is 13.2 Å². The van der Waals surface area contributed by atoms with Crippen LogP contribution in [0.1, 0.15) is 27.9 Å². The van der Waals surface area contributed by atoms with Crippen LogP contribution in [-0.4, -0.2) is 39.7 Å². The molecular weight excluding hydrogens is 461 g/mol. The van der Waals surface area contributed by atoms with Gasteiger partial charge in [-0.05, 0) is 79.7 Å². The molecule has 0 aliphatic rings. The van der Waals surface area contributed by atoms with Gasteiger partial charge in [-0.3, -0.25) is 4.79 Å². The number of ketones is 1. The molecule has 0 bridgehead atoms. The molecule has 4 aromatic rings. The Hall–Kier alpha value is -4.04. The van der Waals surface area contributed by atoms with Crippen molar-refractivity contribution in [2.24, 2.45) is 0 Å². The summed E-state index contributed by atoms with van der Waals surface area (Å²) in [5.41, 5.74) is 1.50. The maximum atomic E-state index is 13.4. The van der Waals surface area contributed by atoms with Gasteiger partial charge in [0.25, 0.3) is 5.82 Å². The standard InChI is InChI=1S/C25H19ClFN3O4/c1-2-33-21-13-11-20(12-14-21)30-24(17-5-9-19(27)10-6-17)28-23(29-30)25(32)34-15-22(31)16-3-7-18(26)8-4-16/h3-14H,2,15H2,1H3. The van der Waals surface area contributed by atoms with Crippen LogP contribution in [0, 0.1) is 5.82 Å². The molecule has 7 nitrogen and oxygen atoms in total. The van der Waals surface area contributed by atoms with Crippen molar-refractivity contribution in [3.8, 4) is 22.8 Å². The van der Waals surface area contributed by atoms with Gasteiger partial charge in [0.2, 0.25) is 0 Å². The molecule has 1 heterocycles. The first kappa shape index (κ1) is 23.1. The summed E-state index contributed by atoms with van der Waals surface area (Å²) in [6.45, 7) is 1.92. The highest BCUT2D eigenvalue weighted by Gasteiger charge is 2.21. The molecule has 0 spiro atoms. The van der Waals surface area contributed by atoms with E-state index in [2.05, 4.69) is 10.1 Å². The largest absolute Gasteiger partial charge is 0.494 e. The number of rotatable bonds is 8. The van der Waals surface area contributed by atoms with E-state index in [1.165, 1.54) is 28.9 Å². The van der Waals surface area contributed by atoms with Crippen molar-refractivity contribution in [3.05, 3.63) is 95.0 Å². The van der Waals surface area contributed by atoms with Crippen molar-refractivity contribution in [1.29, 1.82) is 0 Å². The summed E-state index contributed by atoms with van der Waals surface area (Å²) in [5.74, 6) is -0.923. The number of nitrogens with zero attached hydrogens (tertiary/aromatic N) is 3. The van der Waals surface area contributed by atoms with E-state index in [1.54, 1.807) is 48.5 Å². The van der Waals surface area contributed by atoms with Crippen LogP contribution in [0.15, 0.2) is 72.8 Å². The highest BCUT2D eigenvalue weighted by molar-refractivity contribution is 6.30. The van der Waals surface area contributed by atoms with Gasteiger partial charge in [0.05, 0.1) is 12.3 Å². The molecule has 4 rings (SSSR count). The number of benzene rings is 3. The molecule has 0 radical (unpaired) electrons. The Balaban J connectivity index is 1.60. The van der Waals surface area contributed by atoms with Gasteiger partial charge in [-0.2, -0.15) is 0 Å². The average Bonchev–Trinajstić information content (AvgIpc) is 3.29. The van der Waals surface area contributed by atoms with Crippen molar-refractivity contribution in [3.63, 3.8) is 0 Å². The van der Waals surface area contributed by atoms with E-state index >= 15 is 0 Å². The summed E-state index contributed by atoms with van der Waals surface area (Å²) in [6, 6.07) is 18.9. The summed E-state index contributed by atoms with van der Waals surface area (Å²) >= 11 is 5.83. The summed E-state index contributed by atoms with van der Waals surface area (Å²) < 4.78 is 25.5. The van der Waals surface area contributed by atoms with E-state index < -0.39 is 24.2 Å². The molecule has 0 N–H and O–H groups in total. The minimum Gasteiger partial charge on any atom is -0.494 e. The molecule has 0 aliphatic carbocycles. The highest BCUT2D eigenvalue weighted by atomic mass is 35.5. The van der Waals surface area contributed by atoms with Crippen molar-refractivity contribution in [1.82, 2.24) is 14.8 Å². The molecule has 3 aromatic carbocycles. The van der Waals surface area contributed by atoms with Gasteiger partial charge in [-0.25, -0.2) is 18.9 Å². The first-order valence-corrected chi connectivity index (χ1v) is 10.7. The first-order valence-electron chi connectivity index (χ1n) is 10.4. The molecule has 9 heteroatoms. The molecule has 0 saturated carbocycles. The highest BCUT2D eigenvalue weighted by Crippen LogP contribution is 2.23. The second kappa shape index (κ2) is 10.3. The zero-order valence-corrected chi connectivity index (χ0v) is 18.8. The van der Waals surface area contributed by atoms with Crippen LogP contribution in [0.25, 0.3) is 17.1 Å². The summed E-state index contributed by atoms with van der Waals surface area (Å²) in [6.07, 6.45) is 0. The third-order valence-corrected chi connectivity index (χ3v) is 5.04. The second-order valence-electron chi connectivity index (χ2n) is 7.11. The van der Waals surface area contributed by atoms with Crippen LogP contribution in [0.4, 0.5) is 4.39 Å². The maximum Gasteiger partial charge on any atom is 0.378 e. The fourth-order valence-corrected chi connectivity index (χ4v) is 3.26. The van der Waals surface area contributed by atoms with Crippen LogP contribution in [0.2, 0.25) is 5.02 Å². The molecule has 0 saturated heterocycles. The van der Waals surface area contributed by atoms with Gasteiger partial charge >= 0.3 is 5.97 Å². The van der Waals surface area contributed by atoms with Gasteiger partial charge in [0, 0.05) is 16.1 Å². The van der Waals surface area contributed by atoms with Crippen molar-refractivity contribution >= 4 is 23.4 Å². The topological polar surface area (TPSA) is 83.3 Å². The van der Waals surface area contributed by atoms with E-state index in [1.807, 2.05) is 6.92 Å². The minimum absolute atomic E-state index is 0.239. The number of hydrogen-bond acceptors (Lipinski definition) is 6. The maximum absolute atomic E-state index is 13.4. The Bertz CT molecular complexity index is 1300. The number of esters is 1. The van der Waals surface area contributed by atoms with E-state index in [0.717, 1.165) is 0 Å². The third-order valence-electron chi connectivity index (χ3n) is 4.78. The Morgan fingerprint density at radius 3 is 2.29 bits per heavy atom. The van der Waals surface area contributed by atoms with Gasteiger partial charge in [0.15, 0.2) is 18.2 Å². The molecule has 172 valence electrons. The number of Topliss-reactive ketones (excluding diaryl/α,β-unsaturated/α-hetero) is 1. The van der Waals surface area contributed by atoms with Gasteiger partial charge in [0.1, 0.15) is 11.6 Å². The minimum atomic E-state index is -0.865. The fraction of sp³-hybridized carbons (Fsp3) is 0.120. The lowest BCUT2D eigenvalue weighted by Crippen LogP contribution is -2.15. The molecular formula is C25H19ClFN3O4. The first-order chi connectivity index (χ1) is 16.4. The second-order valence-corrected chi connectivity index (χ2v) is 7.55. The quantitative estimate of drug-likeness (QED) is 0.256. The lowest BCUT2D eigenvalue weighted by Gasteiger charge is -2.07. The molecule has 0 fully saturated rings. The number of ether oxygens (including phenoxy) is 2. The number of carbonyl (C=O) groups is 2. The number of hydrogen-bond donors (Lipinski definition) is 0. The smallest absolute Gasteiger partial charge is 0.378 e. The Morgan fingerprint density at radius 1 is 0.971 bits per heavy atom. The lowest BCUT2D eigenvalue weighted by molar-refractivity contribution is 0.0462.